The summed E-state index contributed by atoms with van der Waals surface area (Å²) in [6.45, 7) is 2.09. The van der Waals surface area contributed by atoms with Crippen molar-refractivity contribution in [3.8, 4) is 5.75 Å². The monoisotopic (exact) mass is 292 g/mol. The van der Waals surface area contributed by atoms with E-state index in [4.69, 9.17) is 9.47 Å². The molecule has 1 aromatic rings. The molecule has 0 aliphatic carbocycles. The zero-order valence-corrected chi connectivity index (χ0v) is 11.9. The first-order chi connectivity index (χ1) is 10.2. The lowest BCUT2D eigenvalue weighted by Crippen LogP contribution is -2.51. The van der Waals surface area contributed by atoms with Gasteiger partial charge >= 0.3 is 0 Å². The summed E-state index contributed by atoms with van der Waals surface area (Å²) in [6, 6.07) is 1.51. The quantitative estimate of drug-likeness (QED) is 0.857. The average Bonchev–Trinajstić information content (AvgIpc) is 2.48. The maximum absolute atomic E-state index is 12.2. The van der Waals surface area contributed by atoms with Gasteiger partial charge in [0.15, 0.2) is 0 Å². The molecule has 21 heavy (non-hydrogen) atoms. The second-order valence-electron chi connectivity index (χ2n) is 5.74. The second-order valence-corrected chi connectivity index (χ2v) is 5.74. The molecule has 2 N–H and O–H groups in total. The summed E-state index contributed by atoms with van der Waals surface area (Å²) in [4.78, 5) is 16.0. The Labute approximate surface area is 123 Å². The molecular formula is C15H20N2O4. The van der Waals surface area contributed by atoms with Crippen LogP contribution in [0.25, 0.3) is 0 Å². The number of hydrogen-bond acceptors (Lipinski definition) is 5. The minimum absolute atomic E-state index is 0.00414. The van der Waals surface area contributed by atoms with Crippen molar-refractivity contribution in [1.29, 1.82) is 0 Å². The van der Waals surface area contributed by atoms with Gasteiger partial charge in [0.1, 0.15) is 5.75 Å². The van der Waals surface area contributed by atoms with E-state index in [-0.39, 0.29) is 23.3 Å². The van der Waals surface area contributed by atoms with Crippen LogP contribution >= 0.6 is 0 Å². The number of pyridine rings is 1. The van der Waals surface area contributed by atoms with E-state index in [2.05, 4.69) is 10.3 Å². The van der Waals surface area contributed by atoms with E-state index in [1.165, 1.54) is 18.5 Å². The van der Waals surface area contributed by atoms with Crippen molar-refractivity contribution in [2.24, 2.45) is 0 Å². The fraction of sp³-hybridized carbons (Fsp3) is 0.600. The smallest absolute Gasteiger partial charge is 0.253 e. The predicted octanol–water partition coefficient (Wildman–Crippen LogP) is 1.25. The average molecular weight is 292 g/mol. The predicted molar refractivity (Wildman–Crippen MR) is 75.1 cm³/mol. The maximum atomic E-state index is 12.2. The van der Waals surface area contributed by atoms with Gasteiger partial charge in [0, 0.05) is 32.1 Å². The Morgan fingerprint density at radius 2 is 2.14 bits per heavy atom. The molecule has 1 spiro atoms. The van der Waals surface area contributed by atoms with Crippen LogP contribution in [0.4, 0.5) is 0 Å². The third-order valence-electron chi connectivity index (χ3n) is 4.22. The molecule has 0 aromatic carbocycles. The molecule has 2 aliphatic rings. The number of carbonyl (C=O) groups excluding carboxylic acids is 1. The van der Waals surface area contributed by atoms with Crippen LogP contribution in [0.5, 0.6) is 5.75 Å². The van der Waals surface area contributed by atoms with Gasteiger partial charge in [-0.15, -0.1) is 0 Å². The molecule has 6 nitrogen and oxygen atoms in total. The van der Waals surface area contributed by atoms with Crippen LogP contribution in [0.2, 0.25) is 0 Å². The first-order valence-electron chi connectivity index (χ1n) is 7.33. The van der Waals surface area contributed by atoms with E-state index in [1.54, 1.807) is 0 Å². The minimum atomic E-state index is -0.201. The molecule has 2 saturated heterocycles. The van der Waals surface area contributed by atoms with E-state index >= 15 is 0 Å². The van der Waals surface area contributed by atoms with Gasteiger partial charge in [-0.2, -0.15) is 0 Å². The van der Waals surface area contributed by atoms with Crippen molar-refractivity contribution in [3.63, 3.8) is 0 Å². The topological polar surface area (TPSA) is 80.7 Å². The van der Waals surface area contributed by atoms with E-state index < -0.39 is 0 Å². The Morgan fingerprint density at radius 3 is 2.90 bits per heavy atom. The molecule has 1 unspecified atom stereocenters. The summed E-state index contributed by atoms with van der Waals surface area (Å²) in [6.07, 6.45) is 6.15. The fourth-order valence-corrected chi connectivity index (χ4v) is 3.06. The second kappa shape index (κ2) is 5.99. The number of rotatable bonds is 2. The van der Waals surface area contributed by atoms with E-state index in [0.29, 0.717) is 12.2 Å². The largest absolute Gasteiger partial charge is 0.506 e. The molecule has 114 valence electrons. The normalized spacial score (nSPS) is 24.7. The molecule has 6 heteroatoms. The highest BCUT2D eigenvalue weighted by atomic mass is 16.5. The van der Waals surface area contributed by atoms with Gasteiger partial charge in [-0.05, 0) is 31.7 Å². The fourth-order valence-electron chi connectivity index (χ4n) is 3.06. The summed E-state index contributed by atoms with van der Waals surface area (Å²) in [5, 5.41) is 12.4. The molecule has 0 radical (unpaired) electrons. The Balaban J connectivity index is 1.63. The molecular weight excluding hydrogens is 272 g/mol. The molecule has 0 bridgehead atoms. The Bertz CT molecular complexity index is 509. The van der Waals surface area contributed by atoms with Crippen LogP contribution in [-0.4, -0.2) is 47.5 Å². The standard InChI is InChI=1S/C15H20N2O4/c18-13-7-11(9-16-10-13)14(19)17-12-1-4-21-15(8-12)2-5-20-6-3-15/h7,9-10,12,18H,1-6,8H2,(H,17,19). The molecule has 1 aromatic heterocycles. The van der Waals surface area contributed by atoms with Crippen molar-refractivity contribution in [2.45, 2.75) is 37.3 Å². The number of carbonyl (C=O) groups is 1. The lowest BCUT2D eigenvalue weighted by atomic mass is 9.84. The molecule has 3 rings (SSSR count). The van der Waals surface area contributed by atoms with Crippen molar-refractivity contribution in [3.05, 3.63) is 24.0 Å². The number of amides is 1. The van der Waals surface area contributed by atoms with Crippen molar-refractivity contribution in [1.82, 2.24) is 10.3 Å². The van der Waals surface area contributed by atoms with Crippen molar-refractivity contribution < 1.29 is 19.4 Å². The number of nitrogens with one attached hydrogen (secondary N) is 1. The molecule has 2 fully saturated rings. The number of aromatic nitrogens is 1. The van der Waals surface area contributed by atoms with Crippen LogP contribution in [0.1, 0.15) is 36.0 Å². The van der Waals surface area contributed by atoms with Gasteiger partial charge in [0.2, 0.25) is 0 Å². The molecule has 3 heterocycles. The van der Waals surface area contributed by atoms with Crippen molar-refractivity contribution in [2.75, 3.05) is 19.8 Å². The molecule has 2 aliphatic heterocycles. The summed E-state index contributed by atoms with van der Waals surface area (Å²) < 4.78 is 11.4. The van der Waals surface area contributed by atoms with Crippen LogP contribution in [0, 0.1) is 0 Å². The highest BCUT2D eigenvalue weighted by molar-refractivity contribution is 5.94. The van der Waals surface area contributed by atoms with Gasteiger partial charge < -0.3 is 19.9 Å². The Morgan fingerprint density at radius 1 is 1.33 bits per heavy atom. The SMILES string of the molecule is O=C(NC1CCOC2(CCOCC2)C1)c1cncc(O)c1. The third kappa shape index (κ3) is 3.33. The first kappa shape index (κ1) is 14.3. The third-order valence-corrected chi connectivity index (χ3v) is 4.22. The summed E-state index contributed by atoms with van der Waals surface area (Å²) in [5.41, 5.74) is 0.230. The highest BCUT2D eigenvalue weighted by Gasteiger charge is 2.39. The van der Waals surface area contributed by atoms with Crippen LogP contribution in [0.3, 0.4) is 0 Å². The first-order valence-corrected chi connectivity index (χ1v) is 7.33. The zero-order valence-electron chi connectivity index (χ0n) is 11.9. The van der Waals surface area contributed by atoms with E-state index in [9.17, 15) is 9.90 Å². The summed E-state index contributed by atoms with van der Waals surface area (Å²) >= 11 is 0. The number of aromatic hydroxyl groups is 1. The Kier molecular flexibility index (Phi) is 4.07. The van der Waals surface area contributed by atoms with Crippen LogP contribution in [-0.2, 0) is 9.47 Å². The number of nitrogens with zero attached hydrogens (tertiary/aromatic N) is 1. The van der Waals surface area contributed by atoms with Gasteiger partial charge in [-0.25, -0.2) is 0 Å². The van der Waals surface area contributed by atoms with Crippen LogP contribution in [0.15, 0.2) is 18.5 Å². The maximum Gasteiger partial charge on any atom is 0.253 e. The van der Waals surface area contributed by atoms with Gasteiger partial charge in [-0.1, -0.05) is 0 Å². The van der Waals surface area contributed by atoms with Gasteiger partial charge in [0.25, 0.3) is 5.91 Å². The molecule has 0 saturated carbocycles. The zero-order chi connectivity index (χ0) is 14.7. The lowest BCUT2D eigenvalue weighted by molar-refractivity contribution is -0.139. The van der Waals surface area contributed by atoms with E-state index in [0.717, 1.165) is 38.9 Å². The van der Waals surface area contributed by atoms with E-state index in [1.807, 2.05) is 0 Å². The Hall–Kier alpha value is -1.66. The molecule has 1 amide bonds. The van der Waals surface area contributed by atoms with Gasteiger partial charge in [-0.3, -0.25) is 9.78 Å². The highest BCUT2D eigenvalue weighted by Crippen LogP contribution is 2.34. The number of hydrogen-bond donors (Lipinski definition) is 2. The van der Waals surface area contributed by atoms with Crippen LogP contribution < -0.4 is 5.32 Å². The van der Waals surface area contributed by atoms with Crippen molar-refractivity contribution >= 4 is 5.91 Å². The summed E-state index contributed by atoms with van der Waals surface area (Å²) in [5.74, 6) is -0.206. The summed E-state index contributed by atoms with van der Waals surface area (Å²) in [7, 11) is 0. The molecule has 1 atom stereocenters. The van der Waals surface area contributed by atoms with Gasteiger partial charge in [0.05, 0.1) is 17.4 Å². The lowest BCUT2D eigenvalue weighted by Gasteiger charge is -2.43. The number of ether oxygens (including phenoxy) is 2. The minimum Gasteiger partial charge on any atom is -0.506 e.